The van der Waals surface area contributed by atoms with Crippen LogP contribution >= 0.6 is 0 Å². The van der Waals surface area contributed by atoms with E-state index in [4.69, 9.17) is 4.74 Å². The Bertz CT molecular complexity index is 368. The van der Waals surface area contributed by atoms with Crippen molar-refractivity contribution >= 4 is 11.8 Å². The molecule has 1 N–H and O–H groups in total. The van der Waals surface area contributed by atoms with Gasteiger partial charge in [0.2, 0.25) is 5.78 Å². The van der Waals surface area contributed by atoms with Gasteiger partial charge in [0.05, 0.1) is 6.61 Å². The minimum Gasteiger partial charge on any atom is -0.462 e. The van der Waals surface area contributed by atoms with Crippen LogP contribution in [0.4, 0.5) is 0 Å². The van der Waals surface area contributed by atoms with Gasteiger partial charge in [0.1, 0.15) is 0 Å². The van der Waals surface area contributed by atoms with E-state index in [1.54, 1.807) is 13.1 Å². The Morgan fingerprint density at radius 2 is 2.33 bits per heavy atom. The molecule has 0 unspecified atom stereocenters. The number of nitrogens with zero attached hydrogens (tertiary/aromatic N) is 1. The molecule has 0 spiro atoms. The van der Waals surface area contributed by atoms with E-state index in [2.05, 4.69) is 16.5 Å². The van der Waals surface area contributed by atoms with Gasteiger partial charge in [-0.15, -0.1) is 0 Å². The molecule has 0 aliphatic carbocycles. The van der Waals surface area contributed by atoms with Crippen molar-refractivity contribution in [3.8, 4) is 0 Å². The number of carbonyl (C=O) groups excluding carboxylic acids is 2. The van der Waals surface area contributed by atoms with Gasteiger partial charge < -0.3 is 9.72 Å². The first-order valence-corrected chi connectivity index (χ1v) is 4.46. The molecule has 0 atom stereocenters. The van der Waals surface area contributed by atoms with Crippen LogP contribution in [0.15, 0.2) is 24.5 Å². The van der Waals surface area contributed by atoms with Crippen LogP contribution in [-0.4, -0.2) is 28.3 Å². The Labute approximate surface area is 87.2 Å². The Kier molecular flexibility index (Phi) is 3.79. The third-order valence-corrected chi connectivity index (χ3v) is 1.67. The van der Waals surface area contributed by atoms with Crippen LogP contribution in [0.25, 0.3) is 0 Å². The van der Waals surface area contributed by atoms with Crippen molar-refractivity contribution in [2.75, 3.05) is 6.61 Å². The summed E-state index contributed by atoms with van der Waals surface area (Å²) in [6.45, 7) is 5.02. The molecule has 0 aromatic carbocycles. The van der Waals surface area contributed by atoms with Crippen LogP contribution in [0.2, 0.25) is 0 Å². The summed E-state index contributed by atoms with van der Waals surface area (Å²) in [6.07, 6.45) is 3.17. The number of Topliss-reactive ketones (excluding diaryl/α,β-unsaturated/α-hetero) is 1. The maximum atomic E-state index is 11.3. The summed E-state index contributed by atoms with van der Waals surface area (Å²) in [5.74, 6) is -0.391. The number of carbonyl (C=O) groups is 2. The third kappa shape index (κ3) is 3.38. The lowest BCUT2D eigenvalue weighted by Crippen LogP contribution is -2.11. The predicted molar refractivity (Wildman–Crippen MR) is 53.3 cm³/mol. The van der Waals surface area contributed by atoms with Gasteiger partial charge >= 0.3 is 5.97 Å². The van der Waals surface area contributed by atoms with E-state index in [1.165, 1.54) is 6.20 Å². The maximum Gasteiger partial charge on any atom is 0.333 e. The van der Waals surface area contributed by atoms with Gasteiger partial charge in [-0.1, -0.05) is 6.58 Å². The van der Waals surface area contributed by atoms with Gasteiger partial charge in [-0.05, 0) is 6.92 Å². The number of H-pyrrole nitrogens is 1. The standard InChI is InChI=1S/C10H12N2O3/c1-7(2)10(14)15-6-3-8(13)9-11-4-5-12-9/h4-5H,1,3,6H2,2H3,(H,11,12). The zero-order chi connectivity index (χ0) is 11.3. The van der Waals surface area contributed by atoms with Crippen LogP contribution in [0, 0.1) is 0 Å². The lowest BCUT2D eigenvalue weighted by atomic mass is 10.3. The minimum atomic E-state index is -0.484. The van der Waals surface area contributed by atoms with E-state index < -0.39 is 5.97 Å². The van der Waals surface area contributed by atoms with E-state index >= 15 is 0 Å². The molecule has 5 nitrogen and oxygen atoms in total. The van der Waals surface area contributed by atoms with E-state index in [9.17, 15) is 9.59 Å². The first-order valence-electron chi connectivity index (χ1n) is 4.46. The summed E-state index contributed by atoms with van der Waals surface area (Å²) in [4.78, 5) is 28.8. The summed E-state index contributed by atoms with van der Waals surface area (Å²) in [6, 6.07) is 0. The zero-order valence-corrected chi connectivity index (χ0v) is 8.45. The second-order valence-corrected chi connectivity index (χ2v) is 3.03. The average molecular weight is 208 g/mol. The molecule has 0 radical (unpaired) electrons. The highest BCUT2D eigenvalue weighted by atomic mass is 16.5. The molecule has 0 saturated carbocycles. The first kappa shape index (κ1) is 11.2. The first-order chi connectivity index (χ1) is 7.11. The zero-order valence-electron chi connectivity index (χ0n) is 8.45. The number of aromatic nitrogens is 2. The molecule has 15 heavy (non-hydrogen) atoms. The van der Waals surface area contributed by atoms with Crippen molar-refractivity contribution in [2.45, 2.75) is 13.3 Å². The second kappa shape index (κ2) is 5.09. The van der Waals surface area contributed by atoms with E-state index in [0.29, 0.717) is 5.57 Å². The fraction of sp³-hybridized carbons (Fsp3) is 0.300. The monoisotopic (exact) mass is 208 g/mol. The minimum absolute atomic E-state index is 0.0469. The molecule has 1 aromatic rings. The third-order valence-electron chi connectivity index (χ3n) is 1.67. The topological polar surface area (TPSA) is 72.1 Å². The fourth-order valence-electron chi connectivity index (χ4n) is 0.896. The molecule has 0 aliphatic rings. The average Bonchev–Trinajstić information content (AvgIpc) is 2.70. The molecule has 1 aromatic heterocycles. The van der Waals surface area contributed by atoms with Crippen molar-refractivity contribution in [1.82, 2.24) is 9.97 Å². The number of imidazole rings is 1. The number of ether oxygens (including phenoxy) is 1. The molecule has 1 rings (SSSR count). The van der Waals surface area contributed by atoms with Gasteiger partial charge in [-0.2, -0.15) is 0 Å². The van der Waals surface area contributed by atoms with Crippen LogP contribution in [0.5, 0.6) is 0 Å². The van der Waals surface area contributed by atoms with Crippen molar-refractivity contribution in [1.29, 1.82) is 0 Å². The van der Waals surface area contributed by atoms with E-state index in [0.717, 1.165) is 0 Å². The Balaban J connectivity index is 2.30. The van der Waals surface area contributed by atoms with Gasteiger partial charge in [0, 0.05) is 24.4 Å². The summed E-state index contributed by atoms with van der Waals surface area (Å²) in [5, 5.41) is 0. The Morgan fingerprint density at radius 3 is 2.87 bits per heavy atom. The van der Waals surface area contributed by atoms with Crippen LogP contribution < -0.4 is 0 Å². The van der Waals surface area contributed by atoms with Crippen molar-refractivity contribution < 1.29 is 14.3 Å². The highest BCUT2D eigenvalue weighted by Gasteiger charge is 2.09. The Morgan fingerprint density at radius 1 is 1.60 bits per heavy atom. The number of rotatable bonds is 5. The van der Waals surface area contributed by atoms with Crippen LogP contribution in [0.3, 0.4) is 0 Å². The Hall–Kier alpha value is -1.91. The number of nitrogens with one attached hydrogen (secondary N) is 1. The summed E-state index contributed by atoms with van der Waals surface area (Å²) in [5.41, 5.74) is 0.320. The second-order valence-electron chi connectivity index (χ2n) is 3.03. The van der Waals surface area contributed by atoms with Gasteiger partial charge in [-0.3, -0.25) is 4.79 Å². The normalized spacial score (nSPS) is 9.67. The SMILES string of the molecule is C=C(C)C(=O)OCCC(=O)c1ncc[nH]1. The van der Waals surface area contributed by atoms with Gasteiger partial charge in [0.25, 0.3) is 0 Å². The van der Waals surface area contributed by atoms with Crippen molar-refractivity contribution in [3.05, 3.63) is 30.4 Å². The molecule has 80 valence electrons. The lowest BCUT2D eigenvalue weighted by molar-refractivity contribution is -0.138. The fourth-order valence-corrected chi connectivity index (χ4v) is 0.896. The smallest absolute Gasteiger partial charge is 0.333 e. The lowest BCUT2D eigenvalue weighted by Gasteiger charge is -2.02. The predicted octanol–water partition coefficient (Wildman–Crippen LogP) is 1.10. The quantitative estimate of drug-likeness (QED) is 0.447. The van der Waals surface area contributed by atoms with E-state index in [1.807, 2.05) is 0 Å². The molecular weight excluding hydrogens is 196 g/mol. The van der Waals surface area contributed by atoms with Gasteiger partial charge in [-0.25, -0.2) is 9.78 Å². The summed E-state index contributed by atoms with van der Waals surface area (Å²) >= 11 is 0. The molecule has 0 aliphatic heterocycles. The van der Waals surface area contributed by atoms with Crippen molar-refractivity contribution in [3.63, 3.8) is 0 Å². The van der Waals surface area contributed by atoms with E-state index in [-0.39, 0.29) is 24.6 Å². The summed E-state index contributed by atoms with van der Waals surface area (Å²) < 4.78 is 4.77. The highest BCUT2D eigenvalue weighted by molar-refractivity contribution is 5.93. The largest absolute Gasteiger partial charge is 0.462 e. The molecule has 0 bridgehead atoms. The maximum absolute atomic E-state index is 11.3. The molecule has 0 amide bonds. The highest BCUT2D eigenvalue weighted by Crippen LogP contribution is 1.98. The van der Waals surface area contributed by atoms with Gasteiger partial charge in [0.15, 0.2) is 5.82 Å². The number of esters is 1. The van der Waals surface area contributed by atoms with Crippen LogP contribution in [-0.2, 0) is 9.53 Å². The molecule has 0 fully saturated rings. The number of aromatic amines is 1. The number of hydrogen-bond acceptors (Lipinski definition) is 4. The molecule has 1 heterocycles. The molecular formula is C10H12N2O3. The molecule has 0 saturated heterocycles. The van der Waals surface area contributed by atoms with Crippen molar-refractivity contribution in [2.24, 2.45) is 0 Å². The molecule has 5 heteroatoms. The van der Waals surface area contributed by atoms with Crippen LogP contribution in [0.1, 0.15) is 24.0 Å². The number of hydrogen-bond donors (Lipinski definition) is 1. The number of ketones is 1. The summed E-state index contributed by atoms with van der Waals surface area (Å²) in [7, 11) is 0.